The second-order valence-electron chi connectivity index (χ2n) is 18.4. The SMILES string of the molecule is CC1(C)CCC(C)(C)c2cc3c(cc21)c1cc2ccccc2cc1n3-c1cccc(-c2nc(-c3ccccc3-c3ccccc3)nc(-c3cc4cccnc4c4ncccc34)n2)c1. The molecule has 11 aromatic rings. The maximum atomic E-state index is 5.36. The fraction of sp³-hybridized carbons (Fsp3) is 0.140. The van der Waals surface area contributed by atoms with Gasteiger partial charge in [-0.15, -0.1) is 0 Å². The van der Waals surface area contributed by atoms with Gasteiger partial charge >= 0.3 is 0 Å². The second kappa shape index (κ2) is 14.0. The maximum absolute atomic E-state index is 5.36. The first-order valence-electron chi connectivity index (χ1n) is 21.9. The second-order valence-corrected chi connectivity index (χ2v) is 18.4. The van der Waals surface area contributed by atoms with Crippen LogP contribution in [0.1, 0.15) is 51.7 Å². The predicted molar refractivity (Wildman–Crippen MR) is 259 cm³/mol. The normalized spacial score (nSPS) is 14.5. The molecule has 1 aliphatic carbocycles. The van der Waals surface area contributed by atoms with Crippen molar-refractivity contribution in [3.8, 4) is 51.0 Å². The van der Waals surface area contributed by atoms with E-state index in [1.165, 1.54) is 43.7 Å². The van der Waals surface area contributed by atoms with Gasteiger partial charge < -0.3 is 4.57 Å². The standard InChI is InChI=1S/C57H44N6/c1-56(2)25-26-57(3,4)48-34-50-45(33-47(48)56)44-30-36-17-8-9-18-37(36)32-49(44)63(50)40-21-12-19-39(29-40)53-60-54(43-23-11-10-22-41(43)35-15-6-5-7-16-35)62-55(61-53)46-31-38-20-13-27-58-51(38)52-42(46)24-14-28-59-52/h5-24,27-34H,25-26H2,1-4H3. The van der Waals surface area contributed by atoms with Crippen molar-refractivity contribution in [3.05, 3.63) is 181 Å². The van der Waals surface area contributed by atoms with E-state index in [2.05, 4.69) is 172 Å². The van der Waals surface area contributed by atoms with Crippen LogP contribution in [0.2, 0.25) is 0 Å². The molecule has 0 bridgehead atoms. The summed E-state index contributed by atoms with van der Waals surface area (Å²) in [5.41, 5.74) is 13.0. The van der Waals surface area contributed by atoms with Crippen LogP contribution >= 0.6 is 0 Å². The lowest BCUT2D eigenvalue weighted by molar-refractivity contribution is 0.332. The molecular weight excluding hydrogens is 769 g/mol. The van der Waals surface area contributed by atoms with Gasteiger partial charge in [0.2, 0.25) is 0 Å². The third-order valence-corrected chi connectivity index (χ3v) is 13.6. The summed E-state index contributed by atoms with van der Waals surface area (Å²) in [7, 11) is 0. The monoisotopic (exact) mass is 812 g/mol. The van der Waals surface area contributed by atoms with Gasteiger partial charge in [0, 0.05) is 56.3 Å². The molecule has 0 radical (unpaired) electrons. The van der Waals surface area contributed by atoms with E-state index in [4.69, 9.17) is 24.9 Å². The Kier molecular flexibility index (Phi) is 8.26. The largest absolute Gasteiger partial charge is 0.309 e. The molecule has 302 valence electrons. The lowest BCUT2D eigenvalue weighted by Crippen LogP contribution is -2.33. The minimum atomic E-state index is 0.0547. The molecule has 0 aliphatic heterocycles. The highest BCUT2D eigenvalue weighted by molar-refractivity contribution is 6.14. The van der Waals surface area contributed by atoms with Crippen LogP contribution in [0, 0.1) is 0 Å². The van der Waals surface area contributed by atoms with E-state index in [1.54, 1.807) is 0 Å². The minimum Gasteiger partial charge on any atom is -0.309 e. The number of hydrogen-bond acceptors (Lipinski definition) is 5. The van der Waals surface area contributed by atoms with E-state index in [-0.39, 0.29) is 10.8 Å². The molecule has 1 aliphatic rings. The van der Waals surface area contributed by atoms with Crippen molar-refractivity contribution in [1.29, 1.82) is 0 Å². The molecule has 0 amide bonds. The van der Waals surface area contributed by atoms with E-state index in [9.17, 15) is 0 Å². The van der Waals surface area contributed by atoms with Gasteiger partial charge in [-0.25, -0.2) is 15.0 Å². The summed E-state index contributed by atoms with van der Waals surface area (Å²) in [4.78, 5) is 25.6. The van der Waals surface area contributed by atoms with Gasteiger partial charge in [0.25, 0.3) is 0 Å². The van der Waals surface area contributed by atoms with Gasteiger partial charge in [0.05, 0.1) is 22.1 Å². The quantitative estimate of drug-likeness (QED) is 0.162. The van der Waals surface area contributed by atoms with E-state index in [0.717, 1.165) is 68.2 Å². The van der Waals surface area contributed by atoms with Crippen molar-refractivity contribution in [2.75, 3.05) is 0 Å². The highest BCUT2D eigenvalue weighted by Crippen LogP contribution is 2.49. The Labute approximate surface area is 366 Å². The number of aromatic nitrogens is 6. The molecule has 6 nitrogen and oxygen atoms in total. The number of nitrogens with zero attached hydrogens (tertiary/aromatic N) is 6. The molecular formula is C57H44N6. The number of fused-ring (bicyclic) bond motifs is 8. The molecule has 0 unspecified atom stereocenters. The zero-order chi connectivity index (χ0) is 42.5. The van der Waals surface area contributed by atoms with Gasteiger partial charge in [-0.1, -0.05) is 131 Å². The average molecular weight is 813 g/mol. The van der Waals surface area contributed by atoms with E-state index in [1.807, 2.05) is 30.6 Å². The summed E-state index contributed by atoms with van der Waals surface area (Å²) in [5, 5.41) is 6.89. The van der Waals surface area contributed by atoms with Crippen LogP contribution in [0.3, 0.4) is 0 Å². The van der Waals surface area contributed by atoms with Crippen LogP contribution in [0.5, 0.6) is 0 Å². The van der Waals surface area contributed by atoms with Crippen molar-refractivity contribution < 1.29 is 0 Å². The molecule has 0 atom stereocenters. The van der Waals surface area contributed by atoms with Gasteiger partial charge in [-0.3, -0.25) is 9.97 Å². The Morgan fingerprint density at radius 2 is 1.00 bits per heavy atom. The van der Waals surface area contributed by atoms with Crippen molar-refractivity contribution in [2.24, 2.45) is 0 Å². The molecule has 4 heterocycles. The topological polar surface area (TPSA) is 69.4 Å². The third-order valence-electron chi connectivity index (χ3n) is 13.6. The molecule has 63 heavy (non-hydrogen) atoms. The first-order chi connectivity index (χ1) is 30.7. The zero-order valence-electron chi connectivity index (χ0n) is 35.8. The summed E-state index contributed by atoms with van der Waals surface area (Å²) in [6, 6.07) is 56.2. The summed E-state index contributed by atoms with van der Waals surface area (Å²) < 4.78 is 2.46. The molecule has 6 heteroatoms. The Balaban J connectivity index is 1.12. The van der Waals surface area contributed by atoms with Crippen LogP contribution in [0.4, 0.5) is 0 Å². The predicted octanol–water partition coefficient (Wildman–Crippen LogP) is 14.2. The lowest BCUT2D eigenvalue weighted by atomic mass is 9.63. The number of rotatable bonds is 5. The van der Waals surface area contributed by atoms with Crippen molar-refractivity contribution in [2.45, 2.75) is 51.4 Å². The number of benzene rings is 7. The van der Waals surface area contributed by atoms with Crippen LogP contribution in [0.15, 0.2) is 170 Å². The van der Waals surface area contributed by atoms with Gasteiger partial charge in [-0.2, -0.15) is 0 Å². The molecule has 0 spiro atoms. The molecule has 12 rings (SSSR count). The van der Waals surface area contributed by atoms with Crippen molar-refractivity contribution in [1.82, 2.24) is 29.5 Å². The molecule has 0 saturated heterocycles. The first-order valence-corrected chi connectivity index (χ1v) is 21.9. The van der Waals surface area contributed by atoms with Gasteiger partial charge in [-0.05, 0) is 111 Å². The highest BCUT2D eigenvalue weighted by Gasteiger charge is 2.38. The molecule has 0 N–H and O–H groups in total. The molecule has 0 saturated carbocycles. The summed E-state index contributed by atoms with van der Waals surface area (Å²) in [5.74, 6) is 1.77. The number of hydrogen-bond donors (Lipinski definition) is 0. The fourth-order valence-corrected chi connectivity index (χ4v) is 10.1. The van der Waals surface area contributed by atoms with Crippen LogP contribution < -0.4 is 0 Å². The first kappa shape index (κ1) is 37.2. The summed E-state index contributed by atoms with van der Waals surface area (Å²) >= 11 is 0. The molecule has 7 aromatic carbocycles. The van der Waals surface area contributed by atoms with Crippen LogP contribution in [-0.2, 0) is 10.8 Å². The number of pyridine rings is 2. The third kappa shape index (κ3) is 6.04. The Hall–Kier alpha value is -7.57. The van der Waals surface area contributed by atoms with Crippen molar-refractivity contribution in [3.63, 3.8) is 0 Å². The van der Waals surface area contributed by atoms with E-state index in [0.29, 0.717) is 17.5 Å². The fourth-order valence-electron chi connectivity index (χ4n) is 10.1. The smallest absolute Gasteiger partial charge is 0.164 e. The molecule has 0 fully saturated rings. The van der Waals surface area contributed by atoms with E-state index < -0.39 is 0 Å². The minimum absolute atomic E-state index is 0.0547. The lowest BCUT2D eigenvalue weighted by Gasteiger charge is -2.42. The van der Waals surface area contributed by atoms with Gasteiger partial charge in [0.15, 0.2) is 17.5 Å². The van der Waals surface area contributed by atoms with E-state index >= 15 is 0 Å². The zero-order valence-corrected chi connectivity index (χ0v) is 35.8. The Bertz CT molecular complexity index is 3640. The average Bonchev–Trinajstić information content (AvgIpc) is 3.64. The highest BCUT2D eigenvalue weighted by atomic mass is 15.0. The Morgan fingerprint density at radius 3 is 1.79 bits per heavy atom. The van der Waals surface area contributed by atoms with Gasteiger partial charge in [0.1, 0.15) is 0 Å². The molecule has 4 aromatic heterocycles. The Morgan fingerprint density at radius 1 is 0.413 bits per heavy atom. The summed E-state index contributed by atoms with van der Waals surface area (Å²) in [6.07, 6.45) is 5.95. The summed E-state index contributed by atoms with van der Waals surface area (Å²) in [6.45, 7) is 9.64. The maximum Gasteiger partial charge on any atom is 0.164 e. The van der Waals surface area contributed by atoms with Crippen LogP contribution in [-0.4, -0.2) is 29.5 Å². The van der Waals surface area contributed by atoms with Crippen molar-refractivity contribution >= 4 is 54.4 Å². The van der Waals surface area contributed by atoms with Crippen LogP contribution in [0.25, 0.3) is 105 Å².